The number of carbonyl (C=O) groups excluding carboxylic acids is 1. The van der Waals surface area contributed by atoms with Crippen molar-refractivity contribution < 1.29 is 9.18 Å². The number of nitrogens with one attached hydrogen (secondary N) is 2. The van der Waals surface area contributed by atoms with E-state index in [-0.39, 0.29) is 11.4 Å². The van der Waals surface area contributed by atoms with Crippen LogP contribution in [0, 0.1) is 5.82 Å². The van der Waals surface area contributed by atoms with E-state index in [1.165, 1.54) is 12.3 Å². The van der Waals surface area contributed by atoms with Crippen molar-refractivity contribution in [3.63, 3.8) is 0 Å². The van der Waals surface area contributed by atoms with Crippen molar-refractivity contribution in [2.75, 3.05) is 18.4 Å². The van der Waals surface area contributed by atoms with Gasteiger partial charge in [-0.3, -0.25) is 9.48 Å². The molecule has 0 aliphatic rings. The van der Waals surface area contributed by atoms with Crippen LogP contribution in [-0.2, 0) is 6.54 Å². The van der Waals surface area contributed by atoms with Gasteiger partial charge < -0.3 is 10.6 Å². The molecule has 2 N–H and O–H groups in total. The zero-order chi connectivity index (χ0) is 14.4. The first-order valence-electron chi connectivity index (χ1n) is 6.23. The predicted octanol–water partition coefficient (Wildman–Crippen LogP) is 0.674. The number of halogens is 1. The Morgan fingerprint density at radius 1 is 1.45 bits per heavy atom. The molecule has 7 nitrogen and oxygen atoms in total. The SMILES string of the molecule is CCNc1nccc(C(=O)NCCn2ccnn2)c1F. The van der Waals surface area contributed by atoms with Gasteiger partial charge in [0.2, 0.25) is 0 Å². The summed E-state index contributed by atoms with van der Waals surface area (Å²) in [5.74, 6) is -1.05. The van der Waals surface area contributed by atoms with Crippen molar-refractivity contribution in [1.29, 1.82) is 0 Å². The largest absolute Gasteiger partial charge is 0.368 e. The zero-order valence-electron chi connectivity index (χ0n) is 11.0. The Morgan fingerprint density at radius 3 is 3.00 bits per heavy atom. The van der Waals surface area contributed by atoms with Gasteiger partial charge in [0.15, 0.2) is 11.6 Å². The molecular formula is C12H15FN6O. The minimum Gasteiger partial charge on any atom is -0.368 e. The molecule has 0 fully saturated rings. The molecule has 2 heterocycles. The zero-order valence-corrected chi connectivity index (χ0v) is 11.0. The first-order valence-corrected chi connectivity index (χ1v) is 6.23. The Labute approximate surface area is 115 Å². The lowest BCUT2D eigenvalue weighted by atomic mass is 10.2. The maximum Gasteiger partial charge on any atom is 0.254 e. The van der Waals surface area contributed by atoms with E-state index in [2.05, 4.69) is 25.9 Å². The van der Waals surface area contributed by atoms with Gasteiger partial charge in [-0.1, -0.05) is 5.21 Å². The minimum atomic E-state index is -0.646. The van der Waals surface area contributed by atoms with Crippen molar-refractivity contribution in [2.45, 2.75) is 13.5 Å². The first kappa shape index (κ1) is 13.9. The molecule has 0 saturated heterocycles. The third kappa shape index (κ3) is 3.28. The molecule has 0 atom stereocenters. The molecule has 106 valence electrons. The van der Waals surface area contributed by atoms with E-state index in [0.717, 1.165) is 0 Å². The summed E-state index contributed by atoms with van der Waals surface area (Å²) in [7, 11) is 0. The van der Waals surface area contributed by atoms with Crippen LogP contribution in [0.1, 0.15) is 17.3 Å². The van der Waals surface area contributed by atoms with Gasteiger partial charge in [-0.15, -0.1) is 5.10 Å². The lowest BCUT2D eigenvalue weighted by Crippen LogP contribution is -2.28. The number of pyridine rings is 1. The Morgan fingerprint density at radius 2 is 2.30 bits per heavy atom. The fourth-order valence-electron chi connectivity index (χ4n) is 1.64. The Balaban J connectivity index is 1.96. The fourth-order valence-corrected chi connectivity index (χ4v) is 1.64. The summed E-state index contributed by atoms with van der Waals surface area (Å²) < 4.78 is 15.6. The van der Waals surface area contributed by atoms with E-state index >= 15 is 0 Å². The molecule has 2 rings (SSSR count). The summed E-state index contributed by atoms with van der Waals surface area (Å²) in [6.07, 6.45) is 4.63. The summed E-state index contributed by atoms with van der Waals surface area (Å²) in [5, 5.41) is 12.8. The molecule has 0 aliphatic heterocycles. The normalized spacial score (nSPS) is 10.3. The number of carbonyl (C=O) groups is 1. The topological polar surface area (TPSA) is 84.7 Å². The monoisotopic (exact) mass is 278 g/mol. The van der Waals surface area contributed by atoms with Crippen LogP contribution in [0.3, 0.4) is 0 Å². The van der Waals surface area contributed by atoms with E-state index < -0.39 is 11.7 Å². The molecule has 20 heavy (non-hydrogen) atoms. The Bertz CT molecular complexity index is 571. The molecular weight excluding hydrogens is 263 g/mol. The van der Waals surface area contributed by atoms with Crippen LogP contribution < -0.4 is 10.6 Å². The summed E-state index contributed by atoms with van der Waals surface area (Å²) in [6.45, 7) is 3.16. The molecule has 2 aromatic heterocycles. The number of amides is 1. The maximum atomic E-state index is 14.0. The van der Waals surface area contributed by atoms with Crippen LogP contribution in [0.2, 0.25) is 0 Å². The molecule has 0 saturated carbocycles. The van der Waals surface area contributed by atoms with E-state index in [4.69, 9.17) is 0 Å². The van der Waals surface area contributed by atoms with Crippen LogP contribution in [-0.4, -0.2) is 39.0 Å². The summed E-state index contributed by atoms with van der Waals surface area (Å²) in [5.41, 5.74) is -0.0328. The molecule has 0 unspecified atom stereocenters. The number of anilines is 1. The third-order valence-electron chi connectivity index (χ3n) is 2.58. The van der Waals surface area contributed by atoms with Gasteiger partial charge in [-0.2, -0.15) is 0 Å². The summed E-state index contributed by atoms with van der Waals surface area (Å²) >= 11 is 0. The highest BCUT2D eigenvalue weighted by Crippen LogP contribution is 2.14. The van der Waals surface area contributed by atoms with E-state index in [1.54, 1.807) is 17.1 Å². The standard InChI is InChI=1S/C12H15FN6O/c1-2-14-11-10(13)9(3-4-15-11)12(20)16-5-7-19-8-6-17-18-19/h3-4,6,8H,2,5,7H2,1H3,(H,14,15)(H,16,20). The van der Waals surface area contributed by atoms with Crippen LogP contribution in [0.4, 0.5) is 10.2 Å². The highest BCUT2D eigenvalue weighted by Gasteiger charge is 2.15. The third-order valence-corrected chi connectivity index (χ3v) is 2.58. The lowest BCUT2D eigenvalue weighted by molar-refractivity contribution is 0.0947. The van der Waals surface area contributed by atoms with E-state index in [0.29, 0.717) is 19.6 Å². The van der Waals surface area contributed by atoms with Gasteiger partial charge >= 0.3 is 0 Å². The average molecular weight is 278 g/mol. The fraction of sp³-hybridized carbons (Fsp3) is 0.333. The smallest absolute Gasteiger partial charge is 0.254 e. The van der Waals surface area contributed by atoms with Crippen molar-refractivity contribution in [2.24, 2.45) is 0 Å². The lowest BCUT2D eigenvalue weighted by Gasteiger charge is -2.09. The second kappa shape index (κ2) is 6.60. The highest BCUT2D eigenvalue weighted by molar-refractivity contribution is 5.95. The van der Waals surface area contributed by atoms with Crippen molar-refractivity contribution in [3.05, 3.63) is 36.0 Å². The Kier molecular flexibility index (Phi) is 4.59. The molecule has 1 amide bonds. The van der Waals surface area contributed by atoms with E-state index in [9.17, 15) is 9.18 Å². The van der Waals surface area contributed by atoms with Gasteiger partial charge in [0.05, 0.1) is 18.3 Å². The quantitative estimate of drug-likeness (QED) is 0.811. The van der Waals surface area contributed by atoms with Crippen LogP contribution in [0.5, 0.6) is 0 Å². The average Bonchev–Trinajstić information content (AvgIpc) is 2.94. The van der Waals surface area contributed by atoms with Crippen LogP contribution >= 0.6 is 0 Å². The van der Waals surface area contributed by atoms with Crippen LogP contribution in [0.15, 0.2) is 24.7 Å². The van der Waals surface area contributed by atoms with Gasteiger partial charge in [-0.25, -0.2) is 9.37 Å². The van der Waals surface area contributed by atoms with Gasteiger partial charge in [0, 0.05) is 25.5 Å². The second-order valence-corrected chi connectivity index (χ2v) is 3.97. The molecule has 0 aromatic carbocycles. The van der Waals surface area contributed by atoms with Crippen molar-refractivity contribution >= 4 is 11.7 Å². The van der Waals surface area contributed by atoms with Crippen molar-refractivity contribution in [1.82, 2.24) is 25.3 Å². The summed E-state index contributed by atoms with van der Waals surface area (Å²) in [6, 6.07) is 1.35. The highest BCUT2D eigenvalue weighted by atomic mass is 19.1. The number of aromatic nitrogens is 4. The minimum absolute atomic E-state index is 0.0328. The van der Waals surface area contributed by atoms with Crippen LogP contribution in [0.25, 0.3) is 0 Å². The number of hydrogen-bond donors (Lipinski definition) is 2. The molecule has 2 aromatic rings. The molecule has 0 radical (unpaired) electrons. The van der Waals surface area contributed by atoms with E-state index in [1.807, 2.05) is 6.92 Å². The van der Waals surface area contributed by atoms with Gasteiger partial charge in [0.1, 0.15) is 0 Å². The van der Waals surface area contributed by atoms with Crippen molar-refractivity contribution in [3.8, 4) is 0 Å². The second-order valence-electron chi connectivity index (χ2n) is 3.97. The number of rotatable bonds is 6. The summed E-state index contributed by atoms with van der Waals surface area (Å²) in [4.78, 5) is 15.7. The Hall–Kier alpha value is -2.51. The van der Waals surface area contributed by atoms with Gasteiger partial charge in [0.25, 0.3) is 5.91 Å². The number of nitrogens with zero attached hydrogens (tertiary/aromatic N) is 4. The maximum absolute atomic E-state index is 14.0. The molecule has 0 bridgehead atoms. The molecule has 8 heteroatoms. The van der Waals surface area contributed by atoms with Gasteiger partial charge in [-0.05, 0) is 13.0 Å². The molecule has 0 spiro atoms. The molecule has 0 aliphatic carbocycles. The number of hydrogen-bond acceptors (Lipinski definition) is 5. The predicted molar refractivity (Wildman–Crippen MR) is 70.7 cm³/mol. The first-order chi connectivity index (χ1) is 9.72.